The fourth-order valence-electron chi connectivity index (χ4n) is 3.63. The molecule has 1 aromatic rings. The highest BCUT2D eigenvalue weighted by Gasteiger charge is 2.47. The Morgan fingerprint density at radius 2 is 1.66 bits per heavy atom. The summed E-state index contributed by atoms with van der Waals surface area (Å²) in [6.07, 6.45) is 2.60. The first-order valence-corrected chi connectivity index (χ1v) is 12.4. The molecule has 0 radical (unpaired) electrons. The molecule has 2 rings (SSSR count). The predicted molar refractivity (Wildman–Crippen MR) is 140 cm³/mol. The van der Waals surface area contributed by atoms with Crippen LogP contribution in [0, 0.1) is 5.92 Å². The van der Waals surface area contributed by atoms with Crippen LogP contribution in [0.25, 0.3) is 0 Å². The highest BCUT2D eigenvalue weighted by molar-refractivity contribution is 5.97. The first-order chi connectivity index (χ1) is 18.2. The topological polar surface area (TPSA) is 143 Å². The van der Waals surface area contributed by atoms with Crippen LogP contribution in [0.5, 0.6) is 0 Å². The van der Waals surface area contributed by atoms with Crippen molar-refractivity contribution in [1.82, 2.24) is 20.9 Å². The molecule has 0 bridgehead atoms. The van der Waals surface area contributed by atoms with Crippen molar-refractivity contribution in [2.45, 2.75) is 44.8 Å². The fourth-order valence-corrected chi connectivity index (χ4v) is 3.63. The number of nitrogens with zero attached hydrogens (tertiary/aromatic N) is 1. The largest absolute Gasteiger partial charge is 0.460 e. The molecular formula is C27H36N4O7. The molecule has 1 fully saturated rings. The Kier molecular flexibility index (Phi) is 12.0. The van der Waals surface area contributed by atoms with Gasteiger partial charge in [-0.25, -0.2) is 4.79 Å². The van der Waals surface area contributed by atoms with Gasteiger partial charge in [-0.05, 0) is 17.9 Å². The lowest BCUT2D eigenvalue weighted by atomic mass is 10.0. The summed E-state index contributed by atoms with van der Waals surface area (Å²) in [5.74, 6) is -2.05. The molecule has 0 aromatic heterocycles. The van der Waals surface area contributed by atoms with Crippen LogP contribution in [-0.4, -0.2) is 79.1 Å². The lowest BCUT2D eigenvalue weighted by molar-refractivity contribution is -0.143. The van der Waals surface area contributed by atoms with E-state index in [2.05, 4.69) is 29.1 Å². The number of hydrogen-bond acceptors (Lipinski definition) is 7. The van der Waals surface area contributed by atoms with Crippen molar-refractivity contribution in [3.05, 3.63) is 61.2 Å². The molecule has 206 valence electrons. The van der Waals surface area contributed by atoms with E-state index in [9.17, 15) is 24.0 Å². The number of alkyl carbamates (subject to hydrolysis) is 1. The van der Waals surface area contributed by atoms with Gasteiger partial charge < -0.3 is 30.3 Å². The zero-order valence-electron chi connectivity index (χ0n) is 21.8. The molecule has 38 heavy (non-hydrogen) atoms. The summed E-state index contributed by atoms with van der Waals surface area (Å²) in [7, 11) is 0. The Labute approximate surface area is 222 Å². The molecule has 0 spiro atoms. The fraction of sp³-hybridized carbons (Fsp3) is 0.444. The van der Waals surface area contributed by atoms with Crippen molar-refractivity contribution in [2.24, 2.45) is 5.92 Å². The second kappa shape index (κ2) is 15.2. The quantitative estimate of drug-likeness (QED) is 0.176. The zero-order chi connectivity index (χ0) is 28.1. The standard InChI is InChI=1S/C27H36N4O7/c1-5-12-37-23(32)16-28-24(33)20(15-19-10-8-7-9-11-19)29-25(34)22-17-31(22)26(35)21(14-18(3)4)30-27(36)38-13-6-2/h5-11,18,20-22H,1-2,12-17H2,3-4H3,(H,28,33)(H,29,34)(H,30,36). The maximum Gasteiger partial charge on any atom is 0.408 e. The summed E-state index contributed by atoms with van der Waals surface area (Å²) in [5.41, 5.74) is 0.796. The van der Waals surface area contributed by atoms with E-state index in [0.29, 0.717) is 6.42 Å². The molecule has 1 saturated heterocycles. The lowest BCUT2D eigenvalue weighted by Crippen LogP contribution is -2.51. The van der Waals surface area contributed by atoms with Gasteiger partial charge in [0.25, 0.3) is 0 Å². The highest BCUT2D eigenvalue weighted by atomic mass is 16.5. The number of rotatable bonds is 15. The van der Waals surface area contributed by atoms with Gasteiger partial charge in [0.05, 0.1) is 6.54 Å². The Bertz CT molecular complexity index is 1010. The molecule has 4 amide bonds. The van der Waals surface area contributed by atoms with Crippen LogP contribution in [0.3, 0.4) is 0 Å². The third-order valence-corrected chi connectivity index (χ3v) is 5.51. The normalized spacial score (nSPS) is 15.4. The van der Waals surface area contributed by atoms with Gasteiger partial charge in [-0.15, -0.1) is 0 Å². The van der Waals surface area contributed by atoms with E-state index >= 15 is 0 Å². The number of nitrogens with one attached hydrogen (secondary N) is 3. The second-order valence-corrected chi connectivity index (χ2v) is 9.16. The Balaban J connectivity index is 2.03. The average Bonchev–Trinajstić information content (AvgIpc) is 3.69. The second-order valence-electron chi connectivity index (χ2n) is 9.16. The highest BCUT2D eigenvalue weighted by Crippen LogP contribution is 2.22. The monoisotopic (exact) mass is 528 g/mol. The summed E-state index contributed by atoms with van der Waals surface area (Å²) >= 11 is 0. The van der Waals surface area contributed by atoms with Crippen molar-refractivity contribution in [3.8, 4) is 0 Å². The van der Waals surface area contributed by atoms with Crippen LogP contribution in [0.15, 0.2) is 55.6 Å². The minimum Gasteiger partial charge on any atom is -0.460 e. The molecule has 3 N–H and O–H groups in total. The van der Waals surface area contributed by atoms with Crippen LogP contribution in [-0.2, 0) is 35.1 Å². The maximum atomic E-state index is 13.1. The Morgan fingerprint density at radius 1 is 1.00 bits per heavy atom. The Morgan fingerprint density at radius 3 is 2.29 bits per heavy atom. The molecule has 3 unspecified atom stereocenters. The van der Waals surface area contributed by atoms with E-state index in [-0.39, 0.29) is 38.6 Å². The number of carbonyl (C=O) groups excluding carboxylic acids is 5. The van der Waals surface area contributed by atoms with Crippen LogP contribution < -0.4 is 16.0 Å². The van der Waals surface area contributed by atoms with E-state index in [1.165, 1.54) is 17.1 Å². The molecule has 1 aliphatic rings. The van der Waals surface area contributed by atoms with E-state index in [4.69, 9.17) is 9.47 Å². The number of ether oxygens (including phenoxy) is 2. The molecule has 11 heteroatoms. The van der Waals surface area contributed by atoms with Crippen molar-refractivity contribution in [2.75, 3.05) is 26.3 Å². The molecule has 3 atom stereocenters. The van der Waals surface area contributed by atoms with E-state index < -0.39 is 47.9 Å². The van der Waals surface area contributed by atoms with Gasteiger partial charge in [0.15, 0.2) is 0 Å². The first-order valence-electron chi connectivity index (χ1n) is 12.4. The number of carbonyl (C=O) groups is 5. The number of hydrogen-bond donors (Lipinski definition) is 3. The van der Waals surface area contributed by atoms with Gasteiger partial charge in [-0.3, -0.25) is 19.2 Å². The van der Waals surface area contributed by atoms with Gasteiger partial charge in [0.1, 0.15) is 37.9 Å². The smallest absolute Gasteiger partial charge is 0.408 e. The summed E-state index contributed by atoms with van der Waals surface area (Å²) < 4.78 is 9.79. The van der Waals surface area contributed by atoms with Gasteiger partial charge in [0, 0.05) is 6.42 Å². The minimum absolute atomic E-state index is 0.0000125. The predicted octanol–water partition coefficient (Wildman–Crippen LogP) is 1.10. The van der Waals surface area contributed by atoms with Crippen molar-refractivity contribution >= 4 is 29.8 Å². The SMILES string of the molecule is C=CCOC(=O)CNC(=O)C(Cc1ccccc1)NC(=O)C1CN1C(=O)C(CC(C)C)NC(=O)OCC=C. The van der Waals surface area contributed by atoms with Crippen molar-refractivity contribution in [3.63, 3.8) is 0 Å². The number of benzene rings is 1. The summed E-state index contributed by atoms with van der Waals surface area (Å²) in [4.78, 5) is 64.0. The number of amides is 4. The third kappa shape index (κ3) is 10.1. The lowest BCUT2D eigenvalue weighted by Gasteiger charge is -2.21. The van der Waals surface area contributed by atoms with Crippen LogP contribution in [0.2, 0.25) is 0 Å². The molecular weight excluding hydrogens is 492 g/mol. The summed E-state index contributed by atoms with van der Waals surface area (Å²) in [6, 6.07) is 6.42. The van der Waals surface area contributed by atoms with E-state index in [1.54, 1.807) is 0 Å². The van der Waals surface area contributed by atoms with Crippen molar-refractivity contribution in [1.29, 1.82) is 0 Å². The van der Waals surface area contributed by atoms with E-state index in [1.807, 2.05) is 44.2 Å². The van der Waals surface area contributed by atoms with Crippen LogP contribution in [0.4, 0.5) is 4.79 Å². The van der Waals surface area contributed by atoms with Crippen LogP contribution >= 0.6 is 0 Å². The van der Waals surface area contributed by atoms with Gasteiger partial charge in [-0.1, -0.05) is 69.5 Å². The third-order valence-electron chi connectivity index (χ3n) is 5.51. The van der Waals surface area contributed by atoms with Crippen LogP contribution in [0.1, 0.15) is 25.8 Å². The molecule has 1 heterocycles. The zero-order valence-corrected chi connectivity index (χ0v) is 21.8. The average molecular weight is 529 g/mol. The maximum absolute atomic E-state index is 13.1. The van der Waals surface area contributed by atoms with E-state index in [0.717, 1.165) is 5.56 Å². The van der Waals surface area contributed by atoms with Gasteiger partial charge >= 0.3 is 12.1 Å². The summed E-state index contributed by atoms with van der Waals surface area (Å²) in [6.45, 7) is 10.5. The molecule has 0 aliphatic carbocycles. The minimum atomic E-state index is -0.992. The first kappa shape index (κ1) is 30.1. The van der Waals surface area contributed by atoms with Crippen molar-refractivity contribution < 1.29 is 33.4 Å². The number of esters is 1. The molecule has 11 nitrogen and oxygen atoms in total. The Hall–Kier alpha value is -4.15. The molecule has 0 saturated carbocycles. The summed E-state index contributed by atoms with van der Waals surface area (Å²) in [5, 5.41) is 7.72. The van der Waals surface area contributed by atoms with Gasteiger partial charge in [0.2, 0.25) is 17.7 Å². The molecule has 1 aliphatic heterocycles. The molecule has 1 aromatic carbocycles. The van der Waals surface area contributed by atoms with Gasteiger partial charge in [-0.2, -0.15) is 0 Å².